The molecule has 1 N–H and O–H groups in total. The van der Waals surface area contributed by atoms with Gasteiger partial charge in [-0.1, -0.05) is 37.5 Å². The molecule has 1 aliphatic rings. The van der Waals surface area contributed by atoms with Crippen LogP contribution in [0.1, 0.15) is 48.8 Å². The van der Waals surface area contributed by atoms with Crippen LogP contribution < -0.4 is 0 Å². The third kappa shape index (κ3) is 2.43. The lowest BCUT2D eigenvalue weighted by Gasteiger charge is -2.34. The van der Waals surface area contributed by atoms with E-state index >= 15 is 0 Å². The Morgan fingerprint density at radius 2 is 1.72 bits per heavy atom. The van der Waals surface area contributed by atoms with Crippen LogP contribution in [-0.2, 0) is 11.2 Å². The molecule has 18 heavy (non-hydrogen) atoms. The molecule has 1 fully saturated rings. The van der Waals surface area contributed by atoms with Crippen molar-refractivity contribution in [3.63, 3.8) is 0 Å². The Morgan fingerprint density at radius 1 is 1.17 bits per heavy atom. The van der Waals surface area contributed by atoms with Crippen molar-refractivity contribution >= 4 is 5.97 Å². The number of rotatable bonds is 3. The summed E-state index contributed by atoms with van der Waals surface area (Å²) in [5.41, 5.74) is 3.17. The van der Waals surface area contributed by atoms with Gasteiger partial charge >= 0.3 is 5.97 Å². The zero-order valence-electron chi connectivity index (χ0n) is 11.3. The monoisotopic (exact) mass is 246 g/mol. The molecule has 2 rings (SSSR count). The zero-order chi connectivity index (χ0) is 13.2. The van der Waals surface area contributed by atoms with Crippen molar-refractivity contribution in [2.24, 2.45) is 5.41 Å². The molecule has 0 aromatic heterocycles. The molecule has 2 nitrogen and oxygen atoms in total. The van der Waals surface area contributed by atoms with E-state index in [2.05, 4.69) is 26.0 Å². The second-order valence-electron chi connectivity index (χ2n) is 5.69. The van der Waals surface area contributed by atoms with Crippen LogP contribution in [-0.4, -0.2) is 11.1 Å². The predicted octanol–water partition coefficient (Wildman–Crippen LogP) is 3.88. The molecule has 0 aliphatic heterocycles. The van der Waals surface area contributed by atoms with Crippen LogP contribution in [0.2, 0.25) is 0 Å². The minimum absolute atomic E-state index is 0.519. The van der Waals surface area contributed by atoms with Gasteiger partial charge in [0.25, 0.3) is 0 Å². The van der Waals surface area contributed by atoms with Crippen molar-refractivity contribution in [3.05, 3.63) is 34.9 Å². The smallest absolute Gasteiger partial charge is 0.309 e. The van der Waals surface area contributed by atoms with Crippen LogP contribution in [0.25, 0.3) is 0 Å². The number of benzene rings is 1. The third-order valence-electron chi connectivity index (χ3n) is 4.42. The first kappa shape index (κ1) is 13.1. The van der Waals surface area contributed by atoms with Crippen molar-refractivity contribution < 1.29 is 9.90 Å². The minimum atomic E-state index is -0.607. The van der Waals surface area contributed by atoms with Crippen LogP contribution in [0.15, 0.2) is 18.2 Å². The third-order valence-corrected chi connectivity index (χ3v) is 4.42. The SMILES string of the molecule is Cc1cccc(C)c1CC1(C(=O)O)CCCCC1. The summed E-state index contributed by atoms with van der Waals surface area (Å²) in [4.78, 5) is 11.7. The molecule has 2 heteroatoms. The highest BCUT2D eigenvalue weighted by molar-refractivity contribution is 5.75. The van der Waals surface area contributed by atoms with E-state index in [-0.39, 0.29) is 0 Å². The van der Waals surface area contributed by atoms with E-state index in [1.807, 2.05) is 6.07 Å². The number of carboxylic acids is 1. The van der Waals surface area contributed by atoms with E-state index in [9.17, 15) is 9.90 Å². The van der Waals surface area contributed by atoms with E-state index in [0.29, 0.717) is 6.42 Å². The van der Waals surface area contributed by atoms with Crippen molar-refractivity contribution in [1.29, 1.82) is 0 Å². The maximum Gasteiger partial charge on any atom is 0.309 e. The molecule has 1 aromatic carbocycles. The van der Waals surface area contributed by atoms with E-state index in [1.54, 1.807) is 0 Å². The second kappa shape index (κ2) is 5.13. The van der Waals surface area contributed by atoms with Gasteiger partial charge in [-0.2, -0.15) is 0 Å². The fourth-order valence-electron chi connectivity index (χ4n) is 3.16. The summed E-state index contributed by atoms with van der Waals surface area (Å²) in [5, 5.41) is 9.63. The molecule has 1 aromatic rings. The van der Waals surface area contributed by atoms with Crippen LogP contribution >= 0.6 is 0 Å². The van der Waals surface area contributed by atoms with Crippen molar-refractivity contribution in [3.8, 4) is 0 Å². The summed E-state index contributed by atoms with van der Waals surface area (Å²) >= 11 is 0. The lowest BCUT2D eigenvalue weighted by Crippen LogP contribution is -2.35. The van der Waals surface area contributed by atoms with Gasteiger partial charge in [-0.3, -0.25) is 4.79 Å². The topological polar surface area (TPSA) is 37.3 Å². The van der Waals surface area contributed by atoms with E-state index in [4.69, 9.17) is 0 Å². The van der Waals surface area contributed by atoms with E-state index < -0.39 is 11.4 Å². The zero-order valence-corrected chi connectivity index (χ0v) is 11.3. The maximum absolute atomic E-state index is 11.7. The Morgan fingerprint density at radius 3 is 2.22 bits per heavy atom. The molecule has 0 unspecified atom stereocenters. The molecule has 0 heterocycles. The molecule has 1 saturated carbocycles. The summed E-state index contributed by atoms with van der Waals surface area (Å²) in [5.74, 6) is -0.607. The summed E-state index contributed by atoms with van der Waals surface area (Å²) in [6.07, 6.45) is 5.64. The molecule has 1 aliphatic carbocycles. The van der Waals surface area contributed by atoms with Gasteiger partial charge in [0, 0.05) is 0 Å². The lowest BCUT2D eigenvalue weighted by molar-refractivity contribution is -0.151. The van der Waals surface area contributed by atoms with Crippen LogP contribution in [0.5, 0.6) is 0 Å². The standard InChI is InChI=1S/C16H22O2/c1-12-7-6-8-13(2)14(12)11-16(15(17)18)9-4-3-5-10-16/h6-8H,3-5,9-11H2,1-2H3,(H,17,18). The highest BCUT2D eigenvalue weighted by Crippen LogP contribution is 2.40. The first-order chi connectivity index (χ1) is 8.55. The molecule has 0 amide bonds. The normalized spacial score (nSPS) is 18.6. The minimum Gasteiger partial charge on any atom is -0.481 e. The van der Waals surface area contributed by atoms with Crippen molar-refractivity contribution in [1.82, 2.24) is 0 Å². The second-order valence-corrected chi connectivity index (χ2v) is 5.69. The summed E-state index contributed by atoms with van der Waals surface area (Å²) < 4.78 is 0. The maximum atomic E-state index is 11.7. The molecule has 0 atom stereocenters. The highest BCUT2D eigenvalue weighted by atomic mass is 16.4. The first-order valence-corrected chi connectivity index (χ1v) is 6.84. The molecule has 0 bridgehead atoms. The van der Waals surface area contributed by atoms with Crippen molar-refractivity contribution in [2.45, 2.75) is 52.4 Å². The summed E-state index contributed by atoms with van der Waals surface area (Å²) in [6.45, 7) is 4.17. The quantitative estimate of drug-likeness (QED) is 0.878. The number of carboxylic acid groups (broad SMARTS) is 1. The molecular weight excluding hydrogens is 224 g/mol. The number of hydrogen-bond donors (Lipinski definition) is 1. The Balaban J connectivity index is 2.32. The summed E-state index contributed by atoms with van der Waals surface area (Å²) in [6, 6.07) is 6.21. The lowest BCUT2D eigenvalue weighted by atomic mass is 9.69. The number of carbonyl (C=O) groups is 1. The van der Waals surface area contributed by atoms with Crippen LogP contribution in [0.4, 0.5) is 0 Å². The van der Waals surface area contributed by atoms with Crippen LogP contribution in [0.3, 0.4) is 0 Å². The molecule has 98 valence electrons. The Hall–Kier alpha value is -1.31. The van der Waals surface area contributed by atoms with Gasteiger partial charge in [0.1, 0.15) is 0 Å². The average molecular weight is 246 g/mol. The van der Waals surface area contributed by atoms with Gasteiger partial charge in [0.05, 0.1) is 5.41 Å². The largest absolute Gasteiger partial charge is 0.481 e. The number of aryl methyl sites for hydroxylation is 2. The molecule has 0 radical (unpaired) electrons. The van der Waals surface area contributed by atoms with Gasteiger partial charge in [-0.05, 0) is 49.8 Å². The Labute approximate surface area is 109 Å². The highest BCUT2D eigenvalue weighted by Gasteiger charge is 2.40. The predicted molar refractivity (Wildman–Crippen MR) is 72.8 cm³/mol. The first-order valence-electron chi connectivity index (χ1n) is 6.84. The number of aliphatic carboxylic acids is 1. The Kier molecular flexibility index (Phi) is 3.74. The molecule has 0 saturated heterocycles. The van der Waals surface area contributed by atoms with E-state index in [1.165, 1.54) is 23.1 Å². The average Bonchev–Trinajstić information content (AvgIpc) is 2.35. The van der Waals surface area contributed by atoms with E-state index in [0.717, 1.165) is 25.7 Å². The van der Waals surface area contributed by atoms with Crippen molar-refractivity contribution in [2.75, 3.05) is 0 Å². The molecule has 0 spiro atoms. The number of hydrogen-bond acceptors (Lipinski definition) is 1. The van der Waals surface area contributed by atoms with Gasteiger partial charge in [0.15, 0.2) is 0 Å². The van der Waals surface area contributed by atoms with Crippen LogP contribution in [0, 0.1) is 19.3 Å². The summed E-state index contributed by atoms with van der Waals surface area (Å²) in [7, 11) is 0. The molecular formula is C16H22O2. The van der Waals surface area contributed by atoms with Gasteiger partial charge in [-0.15, -0.1) is 0 Å². The van der Waals surface area contributed by atoms with Gasteiger partial charge in [-0.25, -0.2) is 0 Å². The van der Waals surface area contributed by atoms with Gasteiger partial charge < -0.3 is 5.11 Å². The fourth-order valence-corrected chi connectivity index (χ4v) is 3.16. The Bertz CT molecular complexity index is 422. The fraction of sp³-hybridized carbons (Fsp3) is 0.562. The van der Waals surface area contributed by atoms with Gasteiger partial charge in [0.2, 0.25) is 0 Å².